The van der Waals surface area contributed by atoms with Gasteiger partial charge in [-0.3, -0.25) is 4.98 Å². The van der Waals surface area contributed by atoms with E-state index in [0.29, 0.717) is 5.75 Å². The van der Waals surface area contributed by atoms with Crippen LogP contribution in [0.15, 0.2) is 48.5 Å². The summed E-state index contributed by atoms with van der Waals surface area (Å²) < 4.78 is 29.3. The van der Waals surface area contributed by atoms with Gasteiger partial charge >= 0.3 is 0 Å². The summed E-state index contributed by atoms with van der Waals surface area (Å²) in [4.78, 5) is 4.52. The molecule has 0 fully saturated rings. The molecular formula is C18H17N2O3S-. The predicted octanol–water partition coefficient (Wildman–Crippen LogP) is 4.57. The Bertz CT molecular complexity index is 942. The van der Waals surface area contributed by atoms with Crippen molar-refractivity contribution in [2.24, 2.45) is 0 Å². The van der Waals surface area contributed by atoms with Crippen LogP contribution in [-0.4, -0.2) is 12.1 Å². The first kappa shape index (κ1) is 16.3. The lowest BCUT2D eigenvalue weighted by Crippen LogP contribution is -1.92. The van der Waals surface area contributed by atoms with Crippen LogP contribution >= 0.6 is 0 Å². The Kier molecular flexibility index (Phi) is 4.66. The lowest BCUT2D eigenvalue weighted by molar-refractivity contribution is 0.415. The van der Waals surface area contributed by atoms with Gasteiger partial charge in [0.2, 0.25) is 0 Å². The SMILES string of the molecule is COc1ccc2c(Oc3ccc(C[S-](=N)=O)cc3)cc(C)nc2c1. The van der Waals surface area contributed by atoms with Crippen LogP contribution in [0.4, 0.5) is 0 Å². The Morgan fingerprint density at radius 3 is 2.46 bits per heavy atom. The summed E-state index contributed by atoms with van der Waals surface area (Å²) in [6.45, 7) is 1.92. The van der Waals surface area contributed by atoms with E-state index >= 15 is 0 Å². The fourth-order valence-corrected chi connectivity index (χ4v) is 2.94. The van der Waals surface area contributed by atoms with Crippen molar-refractivity contribution in [1.29, 1.82) is 4.78 Å². The molecule has 24 heavy (non-hydrogen) atoms. The summed E-state index contributed by atoms with van der Waals surface area (Å²) in [5.74, 6) is 2.37. The number of fused-ring (bicyclic) bond motifs is 1. The fourth-order valence-electron chi connectivity index (χ4n) is 2.45. The van der Waals surface area contributed by atoms with Gasteiger partial charge in [0.05, 0.1) is 12.6 Å². The standard InChI is InChI=1S/C18H17N2O3S/c1-12-9-18(16-8-7-15(22-2)10-17(16)20-12)23-14-5-3-13(4-6-14)11-24(19)21/h3-10,19H,11H2,1-2H3/q-1. The van der Waals surface area contributed by atoms with Gasteiger partial charge in [-0.2, -0.15) is 10.6 Å². The van der Waals surface area contributed by atoms with Gasteiger partial charge in [-0.1, -0.05) is 23.4 Å². The molecule has 5 nitrogen and oxygen atoms in total. The van der Waals surface area contributed by atoms with E-state index in [0.717, 1.165) is 33.7 Å². The normalized spacial score (nSPS) is 11.0. The Labute approximate surface area is 142 Å². The first-order chi connectivity index (χ1) is 11.5. The number of methoxy groups -OCH3 is 1. The molecule has 1 heterocycles. The minimum atomic E-state index is -1.60. The van der Waals surface area contributed by atoms with Gasteiger partial charge in [0.25, 0.3) is 0 Å². The number of nitrogens with zero attached hydrogens (tertiary/aromatic N) is 1. The summed E-state index contributed by atoms with van der Waals surface area (Å²) in [5, 5.41) is 0.901. The summed E-state index contributed by atoms with van der Waals surface area (Å²) in [6.07, 6.45) is 0. The largest absolute Gasteiger partial charge is 0.497 e. The maximum absolute atomic E-state index is 11.0. The van der Waals surface area contributed by atoms with Crippen LogP contribution < -0.4 is 9.47 Å². The topological polar surface area (TPSA) is 72.3 Å². The van der Waals surface area contributed by atoms with Crippen molar-refractivity contribution in [2.45, 2.75) is 12.7 Å². The highest BCUT2D eigenvalue weighted by molar-refractivity contribution is 7.72. The predicted molar refractivity (Wildman–Crippen MR) is 94.0 cm³/mol. The van der Waals surface area contributed by atoms with E-state index in [1.165, 1.54) is 0 Å². The average Bonchev–Trinajstić information content (AvgIpc) is 2.55. The molecule has 0 bridgehead atoms. The lowest BCUT2D eigenvalue weighted by Gasteiger charge is -2.11. The van der Waals surface area contributed by atoms with Crippen molar-refractivity contribution < 1.29 is 13.7 Å². The maximum atomic E-state index is 11.0. The second-order valence-electron chi connectivity index (χ2n) is 5.38. The van der Waals surface area contributed by atoms with Crippen LogP contribution in [0.1, 0.15) is 11.3 Å². The van der Waals surface area contributed by atoms with E-state index < -0.39 is 10.6 Å². The van der Waals surface area contributed by atoms with Gasteiger partial charge in [0.15, 0.2) is 0 Å². The molecule has 1 N–H and O–H groups in total. The second kappa shape index (κ2) is 6.88. The maximum Gasteiger partial charge on any atom is 0.138 e. The van der Waals surface area contributed by atoms with Gasteiger partial charge in [-0.25, -0.2) is 0 Å². The number of pyridine rings is 1. The minimum absolute atomic E-state index is 0.220. The molecule has 3 aromatic rings. The first-order valence-corrected chi connectivity index (χ1v) is 8.69. The zero-order valence-corrected chi connectivity index (χ0v) is 14.2. The van der Waals surface area contributed by atoms with E-state index in [-0.39, 0.29) is 5.75 Å². The number of aromatic nitrogens is 1. The molecular weight excluding hydrogens is 324 g/mol. The van der Waals surface area contributed by atoms with Crippen LogP contribution in [0.2, 0.25) is 0 Å². The van der Waals surface area contributed by atoms with Crippen molar-refractivity contribution in [3.63, 3.8) is 0 Å². The highest BCUT2D eigenvalue weighted by Gasteiger charge is 2.08. The summed E-state index contributed by atoms with van der Waals surface area (Å²) in [6, 6.07) is 14.8. The number of nitrogens with one attached hydrogen (secondary N) is 1. The number of rotatable bonds is 5. The van der Waals surface area contributed by atoms with Crippen molar-refractivity contribution in [3.8, 4) is 17.2 Å². The highest BCUT2D eigenvalue weighted by Crippen LogP contribution is 2.32. The summed E-state index contributed by atoms with van der Waals surface area (Å²) >= 11 is 0. The molecule has 0 radical (unpaired) electrons. The number of benzene rings is 2. The van der Waals surface area contributed by atoms with E-state index in [9.17, 15) is 4.21 Å². The van der Waals surface area contributed by atoms with E-state index in [2.05, 4.69) is 4.98 Å². The first-order valence-electron chi connectivity index (χ1n) is 7.37. The molecule has 1 aromatic heterocycles. The van der Waals surface area contributed by atoms with Gasteiger partial charge in [0.1, 0.15) is 17.2 Å². The summed E-state index contributed by atoms with van der Waals surface area (Å²) in [7, 11) is 0.0278. The number of hydrogen-bond donors (Lipinski definition) is 1. The third-order valence-electron chi connectivity index (χ3n) is 3.56. The van der Waals surface area contributed by atoms with Crippen molar-refractivity contribution in [3.05, 3.63) is 59.8 Å². The minimum Gasteiger partial charge on any atom is -0.497 e. The Hall–Kier alpha value is -2.60. The van der Waals surface area contributed by atoms with Gasteiger partial charge < -0.3 is 18.5 Å². The molecule has 124 valence electrons. The molecule has 3 rings (SSSR count). The van der Waals surface area contributed by atoms with Crippen molar-refractivity contribution in [1.82, 2.24) is 4.98 Å². The molecule has 0 aliphatic carbocycles. The third-order valence-corrected chi connectivity index (χ3v) is 4.15. The van der Waals surface area contributed by atoms with E-state index in [1.807, 2.05) is 55.5 Å². The molecule has 0 saturated carbocycles. The molecule has 0 aliphatic heterocycles. The molecule has 6 heteroatoms. The quantitative estimate of drug-likeness (QED) is 0.690. The molecule has 0 atom stereocenters. The van der Waals surface area contributed by atoms with E-state index in [4.69, 9.17) is 14.3 Å². The van der Waals surface area contributed by atoms with Gasteiger partial charge in [-0.15, -0.1) is 0 Å². The van der Waals surface area contributed by atoms with Crippen LogP contribution in [0, 0.1) is 11.7 Å². The van der Waals surface area contributed by atoms with Crippen LogP contribution in [0.5, 0.6) is 17.2 Å². The lowest BCUT2D eigenvalue weighted by atomic mass is 10.1. The molecule has 2 aromatic carbocycles. The zero-order valence-electron chi connectivity index (χ0n) is 13.4. The number of aryl methyl sites for hydroxylation is 1. The Balaban J connectivity index is 1.94. The Morgan fingerprint density at radius 1 is 1.08 bits per heavy atom. The van der Waals surface area contributed by atoms with E-state index in [1.54, 1.807) is 7.11 Å². The monoisotopic (exact) mass is 341 g/mol. The smallest absolute Gasteiger partial charge is 0.138 e. The molecule has 0 aliphatic rings. The van der Waals surface area contributed by atoms with Crippen LogP contribution in [0.25, 0.3) is 10.9 Å². The Morgan fingerprint density at radius 2 is 1.79 bits per heavy atom. The molecule has 0 spiro atoms. The molecule has 0 amide bonds. The van der Waals surface area contributed by atoms with Crippen molar-refractivity contribution >= 4 is 21.5 Å². The second-order valence-corrected chi connectivity index (χ2v) is 6.36. The number of hydrogen-bond acceptors (Lipinski definition) is 6. The van der Waals surface area contributed by atoms with Gasteiger partial charge in [0, 0.05) is 23.2 Å². The molecule has 0 unspecified atom stereocenters. The van der Waals surface area contributed by atoms with Crippen molar-refractivity contribution in [2.75, 3.05) is 7.11 Å². The van der Waals surface area contributed by atoms with Crippen LogP contribution in [0.3, 0.4) is 0 Å². The third kappa shape index (κ3) is 3.65. The fraction of sp³-hybridized carbons (Fsp3) is 0.167. The zero-order chi connectivity index (χ0) is 17.1. The van der Waals surface area contributed by atoms with Gasteiger partial charge in [-0.05, 0) is 31.2 Å². The molecule has 0 saturated heterocycles. The average molecular weight is 341 g/mol. The van der Waals surface area contributed by atoms with Crippen LogP contribution in [-0.2, 0) is 20.6 Å². The summed E-state index contributed by atoms with van der Waals surface area (Å²) in [5.41, 5.74) is 2.51. The highest BCUT2D eigenvalue weighted by atomic mass is 32.2. The number of ether oxygens (including phenoxy) is 2.